The molecule has 1 heterocycles. The minimum atomic E-state index is -1.50. The van der Waals surface area contributed by atoms with Crippen molar-refractivity contribution in [1.29, 1.82) is 0 Å². The van der Waals surface area contributed by atoms with Crippen LogP contribution in [0.2, 0.25) is 20.1 Å². The molecule has 3 rings (SSSR count). The van der Waals surface area contributed by atoms with E-state index in [0.717, 1.165) is 5.56 Å². The Morgan fingerprint density at radius 3 is 2.33 bits per heavy atom. The van der Waals surface area contributed by atoms with E-state index >= 15 is 0 Å². The smallest absolute Gasteiger partial charge is 0.291 e. The predicted octanol–water partition coefficient (Wildman–Crippen LogP) is 5.17. The third kappa shape index (κ3) is 7.68. The standard InChI is InChI=1S/C17H12Cl4N4O.HNO3/c18-12-2-1-11(15(20)5-12)8-26-24-17(7-25-10-22-9-23-25)14-4-3-13(19)6-16(14)21;2-1(3)4/h1-6,9-10H,7-8H2;(H,2,3,4). The second-order valence-electron chi connectivity index (χ2n) is 5.50. The highest BCUT2D eigenvalue weighted by Gasteiger charge is 2.12. The summed E-state index contributed by atoms with van der Waals surface area (Å²) in [5.41, 5.74) is 2.03. The Balaban J connectivity index is 0.000000735. The summed E-state index contributed by atoms with van der Waals surface area (Å²) < 4.78 is 1.61. The number of nitrogens with zero attached hydrogens (tertiary/aromatic N) is 5. The quantitative estimate of drug-likeness (QED) is 0.288. The van der Waals surface area contributed by atoms with Gasteiger partial charge in [-0.25, -0.2) is 9.67 Å². The Morgan fingerprint density at radius 1 is 1.13 bits per heavy atom. The molecule has 0 bridgehead atoms. The lowest BCUT2D eigenvalue weighted by Gasteiger charge is -2.10. The molecule has 2 aromatic carbocycles. The molecule has 30 heavy (non-hydrogen) atoms. The largest absolute Gasteiger partial charge is 0.391 e. The molecule has 0 unspecified atom stereocenters. The molecular weight excluding hydrogens is 480 g/mol. The number of benzene rings is 2. The van der Waals surface area contributed by atoms with E-state index in [4.69, 9.17) is 66.6 Å². The molecule has 158 valence electrons. The number of oxime groups is 1. The van der Waals surface area contributed by atoms with Gasteiger partial charge in [0.25, 0.3) is 5.09 Å². The summed E-state index contributed by atoms with van der Waals surface area (Å²) in [6.07, 6.45) is 3.02. The van der Waals surface area contributed by atoms with Crippen LogP contribution in [0.5, 0.6) is 0 Å². The van der Waals surface area contributed by atoms with E-state index in [2.05, 4.69) is 15.2 Å². The summed E-state index contributed by atoms with van der Waals surface area (Å²) in [6, 6.07) is 10.3. The predicted molar refractivity (Wildman–Crippen MR) is 113 cm³/mol. The summed E-state index contributed by atoms with van der Waals surface area (Å²) in [5.74, 6) is 0. The maximum Gasteiger partial charge on any atom is 0.291 e. The van der Waals surface area contributed by atoms with E-state index < -0.39 is 5.09 Å². The van der Waals surface area contributed by atoms with Crippen LogP contribution >= 0.6 is 46.4 Å². The lowest BCUT2D eigenvalue weighted by Crippen LogP contribution is -2.13. The van der Waals surface area contributed by atoms with E-state index in [1.54, 1.807) is 47.4 Å². The number of hydrogen-bond acceptors (Lipinski definition) is 6. The zero-order valence-corrected chi connectivity index (χ0v) is 18.0. The molecule has 3 aromatic rings. The zero-order valence-electron chi connectivity index (χ0n) is 15.0. The van der Waals surface area contributed by atoms with Gasteiger partial charge >= 0.3 is 0 Å². The van der Waals surface area contributed by atoms with Crippen molar-refractivity contribution in [3.05, 3.63) is 90.4 Å². The normalized spacial score (nSPS) is 10.9. The number of hydrogen-bond donors (Lipinski definition) is 1. The Labute approximate surface area is 190 Å². The molecule has 0 aliphatic carbocycles. The molecule has 0 atom stereocenters. The molecule has 0 aliphatic rings. The molecule has 0 saturated heterocycles. The van der Waals surface area contributed by atoms with Gasteiger partial charge in [-0.2, -0.15) is 5.10 Å². The van der Waals surface area contributed by atoms with Crippen molar-refractivity contribution in [2.45, 2.75) is 13.2 Å². The molecule has 0 fully saturated rings. The van der Waals surface area contributed by atoms with Gasteiger partial charge in [0.05, 0.1) is 11.6 Å². The van der Waals surface area contributed by atoms with Gasteiger partial charge in [0.15, 0.2) is 0 Å². The maximum atomic E-state index is 8.36. The third-order valence-corrected chi connectivity index (χ3v) is 4.57. The fourth-order valence-corrected chi connectivity index (χ4v) is 3.15. The summed E-state index contributed by atoms with van der Waals surface area (Å²) >= 11 is 24.3. The minimum Gasteiger partial charge on any atom is -0.391 e. The summed E-state index contributed by atoms with van der Waals surface area (Å²) in [7, 11) is 0. The summed E-state index contributed by atoms with van der Waals surface area (Å²) in [4.78, 5) is 17.8. The first-order valence-electron chi connectivity index (χ1n) is 8.00. The molecule has 1 N–H and O–H groups in total. The molecule has 0 radical (unpaired) electrons. The molecule has 9 nitrogen and oxygen atoms in total. The molecule has 0 aliphatic heterocycles. The van der Waals surface area contributed by atoms with Gasteiger partial charge in [-0.1, -0.05) is 57.6 Å². The summed E-state index contributed by atoms with van der Waals surface area (Å²) in [5, 5.41) is 24.0. The van der Waals surface area contributed by atoms with Crippen LogP contribution in [0.25, 0.3) is 0 Å². The average Bonchev–Trinajstić information content (AvgIpc) is 3.15. The minimum absolute atomic E-state index is 0.183. The zero-order chi connectivity index (χ0) is 22.1. The third-order valence-electron chi connectivity index (χ3n) is 3.43. The molecule has 1 aromatic heterocycles. The van der Waals surface area contributed by atoms with Gasteiger partial charge in [-0.15, -0.1) is 10.1 Å². The second kappa shape index (κ2) is 11.6. The monoisotopic (exact) mass is 491 g/mol. The van der Waals surface area contributed by atoms with E-state index in [1.165, 1.54) is 6.33 Å². The highest BCUT2D eigenvalue weighted by molar-refractivity contribution is 6.37. The molecular formula is C17H13Cl4N5O4. The van der Waals surface area contributed by atoms with Crippen molar-refractivity contribution in [3.8, 4) is 0 Å². The number of aromatic nitrogens is 3. The molecule has 13 heteroatoms. The van der Waals surface area contributed by atoms with Crippen LogP contribution in [-0.4, -0.2) is 30.8 Å². The highest BCUT2D eigenvalue weighted by Crippen LogP contribution is 2.24. The van der Waals surface area contributed by atoms with E-state index in [9.17, 15) is 0 Å². The van der Waals surface area contributed by atoms with Crippen molar-refractivity contribution in [1.82, 2.24) is 14.8 Å². The Morgan fingerprint density at radius 2 is 1.77 bits per heavy atom. The molecule has 0 amide bonds. The first-order valence-corrected chi connectivity index (χ1v) is 9.51. The van der Waals surface area contributed by atoms with Crippen molar-refractivity contribution >= 4 is 52.1 Å². The van der Waals surface area contributed by atoms with Crippen molar-refractivity contribution < 1.29 is 15.1 Å². The second-order valence-corrected chi connectivity index (χ2v) is 7.19. The van der Waals surface area contributed by atoms with Crippen molar-refractivity contribution in [2.75, 3.05) is 0 Å². The van der Waals surface area contributed by atoms with Crippen LogP contribution in [-0.2, 0) is 18.0 Å². The van der Waals surface area contributed by atoms with E-state index in [-0.39, 0.29) is 6.61 Å². The van der Waals surface area contributed by atoms with Gasteiger partial charge in [0, 0.05) is 26.2 Å². The number of halogens is 4. The fourth-order valence-electron chi connectivity index (χ4n) is 2.17. The maximum absolute atomic E-state index is 8.36. The topological polar surface area (TPSA) is 116 Å². The van der Waals surface area contributed by atoms with Gasteiger partial charge in [-0.05, 0) is 30.3 Å². The highest BCUT2D eigenvalue weighted by atomic mass is 35.5. The van der Waals surface area contributed by atoms with Gasteiger partial charge < -0.3 is 10.0 Å². The van der Waals surface area contributed by atoms with Crippen LogP contribution in [0.1, 0.15) is 11.1 Å². The Kier molecular flexibility index (Phi) is 9.13. The fraction of sp³-hybridized carbons (Fsp3) is 0.118. The average molecular weight is 493 g/mol. The number of rotatable bonds is 6. The van der Waals surface area contributed by atoms with Crippen LogP contribution in [0, 0.1) is 10.1 Å². The first kappa shape index (κ1) is 23.7. The van der Waals surface area contributed by atoms with Crippen molar-refractivity contribution in [3.63, 3.8) is 0 Å². The van der Waals surface area contributed by atoms with E-state index in [1.807, 2.05) is 0 Å². The van der Waals surface area contributed by atoms with Gasteiger partial charge in [0.1, 0.15) is 25.0 Å². The van der Waals surface area contributed by atoms with Crippen LogP contribution in [0.15, 0.2) is 54.2 Å². The SMILES string of the molecule is Clc1ccc(CON=C(Cn2cncn2)c2ccc(Cl)cc2Cl)c(Cl)c1.O=[N+]([O-])O. The van der Waals surface area contributed by atoms with Crippen LogP contribution in [0.4, 0.5) is 0 Å². The van der Waals surface area contributed by atoms with Gasteiger partial charge in [-0.3, -0.25) is 0 Å². The Bertz CT molecular complexity index is 1030. The lowest BCUT2D eigenvalue weighted by molar-refractivity contribution is -0.742. The summed E-state index contributed by atoms with van der Waals surface area (Å²) in [6.45, 7) is 0.512. The lowest BCUT2D eigenvalue weighted by atomic mass is 10.1. The van der Waals surface area contributed by atoms with E-state index in [0.29, 0.717) is 37.9 Å². The van der Waals surface area contributed by atoms with Crippen LogP contribution in [0.3, 0.4) is 0 Å². The first-order chi connectivity index (χ1) is 14.3. The van der Waals surface area contributed by atoms with Crippen LogP contribution < -0.4 is 0 Å². The van der Waals surface area contributed by atoms with Gasteiger partial charge in [0.2, 0.25) is 0 Å². The van der Waals surface area contributed by atoms with Crippen molar-refractivity contribution in [2.24, 2.45) is 5.16 Å². The molecule has 0 spiro atoms. The molecule has 0 saturated carbocycles. The Hall–Kier alpha value is -2.59.